The highest BCUT2D eigenvalue weighted by Gasteiger charge is 2.33. The summed E-state index contributed by atoms with van der Waals surface area (Å²) >= 11 is 0. The molecule has 2 rings (SSSR count). The fraction of sp³-hybridized carbons (Fsp3) is 0.350. The van der Waals surface area contributed by atoms with E-state index in [1.807, 2.05) is 6.92 Å². The van der Waals surface area contributed by atoms with Gasteiger partial charge in [0.15, 0.2) is 5.60 Å². The number of nitrogens with one attached hydrogen (secondary N) is 1. The normalized spacial score (nSPS) is 15.1. The average molecular weight is 381 g/mol. The molecule has 4 nitrogen and oxygen atoms in total. The second kappa shape index (κ2) is 8.10. The van der Waals surface area contributed by atoms with E-state index in [-0.39, 0.29) is 18.2 Å². The molecule has 0 bridgehead atoms. The summed E-state index contributed by atoms with van der Waals surface area (Å²) in [6, 6.07) is 11.9. The lowest BCUT2D eigenvalue weighted by molar-refractivity contribution is -0.160. The van der Waals surface area contributed by atoms with E-state index < -0.39 is 23.3 Å². The number of ether oxygens (including phenoxy) is 1. The summed E-state index contributed by atoms with van der Waals surface area (Å²) in [7, 11) is 1.19. The first-order valence-electron chi connectivity index (χ1n) is 8.37. The number of carbonyl (C=O) groups excluding carboxylic acids is 1. The third kappa shape index (κ3) is 5.08. The van der Waals surface area contributed by atoms with Crippen LogP contribution in [0.3, 0.4) is 0 Å². The van der Waals surface area contributed by atoms with Crippen molar-refractivity contribution in [3.05, 3.63) is 59.7 Å². The topological polar surface area (TPSA) is 58.6 Å². The molecular weight excluding hydrogens is 359 g/mol. The molecule has 27 heavy (non-hydrogen) atoms. The number of methoxy groups -OCH3 is 1. The van der Waals surface area contributed by atoms with Crippen LogP contribution in [0.15, 0.2) is 48.5 Å². The van der Waals surface area contributed by atoms with Gasteiger partial charge in [-0.25, -0.2) is 4.79 Å². The first-order valence-corrected chi connectivity index (χ1v) is 8.37. The zero-order valence-corrected chi connectivity index (χ0v) is 15.3. The molecule has 2 aromatic rings. The third-order valence-electron chi connectivity index (χ3n) is 4.33. The number of benzene rings is 2. The van der Waals surface area contributed by atoms with Crippen LogP contribution >= 0.6 is 0 Å². The lowest BCUT2D eigenvalue weighted by Crippen LogP contribution is -2.46. The summed E-state index contributed by atoms with van der Waals surface area (Å²) < 4.78 is 44.1. The Morgan fingerprint density at radius 1 is 1.15 bits per heavy atom. The van der Waals surface area contributed by atoms with Crippen LogP contribution in [0.1, 0.15) is 31.0 Å². The summed E-state index contributed by atoms with van der Waals surface area (Å²) in [5.41, 5.74) is -0.970. The van der Waals surface area contributed by atoms with Crippen LogP contribution in [0.4, 0.5) is 13.2 Å². The first kappa shape index (κ1) is 20.9. The molecule has 0 amide bonds. The number of rotatable bonds is 6. The van der Waals surface area contributed by atoms with E-state index in [1.165, 1.54) is 26.2 Å². The molecule has 0 heterocycles. The van der Waals surface area contributed by atoms with Crippen LogP contribution in [0.25, 0.3) is 11.1 Å². The Labute approximate surface area is 156 Å². The largest absolute Gasteiger partial charge is 0.467 e. The minimum Gasteiger partial charge on any atom is -0.467 e. The number of esters is 1. The van der Waals surface area contributed by atoms with Gasteiger partial charge in [0.2, 0.25) is 0 Å². The summed E-state index contributed by atoms with van der Waals surface area (Å²) in [5.74, 6) is -0.749. The Balaban J connectivity index is 2.15. The summed E-state index contributed by atoms with van der Waals surface area (Å²) in [6.07, 6.45) is -4.43. The Bertz CT molecular complexity index is 786. The molecule has 2 N–H and O–H groups in total. The minimum absolute atomic E-state index is 0.0283. The molecule has 2 atom stereocenters. The molecule has 0 saturated heterocycles. The second-order valence-corrected chi connectivity index (χ2v) is 6.53. The van der Waals surface area contributed by atoms with Crippen molar-refractivity contribution in [1.82, 2.24) is 5.32 Å². The zero-order valence-electron chi connectivity index (χ0n) is 15.3. The highest BCUT2D eigenvalue weighted by Crippen LogP contribution is 2.37. The Morgan fingerprint density at radius 3 is 2.30 bits per heavy atom. The quantitative estimate of drug-likeness (QED) is 0.744. The van der Waals surface area contributed by atoms with Crippen LogP contribution in [0.2, 0.25) is 0 Å². The third-order valence-corrected chi connectivity index (χ3v) is 4.33. The minimum atomic E-state index is -4.43. The van der Waals surface area contributed by atoms with Gasteiger partial charge in [0.05, 0.1) is 12.7 Å². The van der Waals surface area contributed by atoms with E-state index in [2.05, 4.69) is 10.1 Å². The van der Waals surface area contributed by atoms with E-state index in [1.54, 1.807) is 30.3 Å². The molecule has 0 aliphatic rings. The maximum Gasteiger partial charge on any atom is 0.417 e. The molecule has 0 spiro atoms. The molecule has 7 heteroatoms. The molecule has 0 aliphatic heterocycles. The van der Waals surface area contributed by atoms with Gasteiger partial charge in [-0.2, -0.15) is 13.2 Å². The van der Waals surface area contributed by atoms with E-state index >= 15 is 0 Å². The molecule has 2 aromatic carbocycles. The highest BCUT2D eigenvalue weighted by molar-refractivity contribution is 5.78. The lowest BCUT2D eigenvalue weighted by atomic mass is 9.97. The number of hydrogen-bond donors (Lipinski definition) is 2. The average Bonchev–Trinajstić information content (AvgIpc) is 2.65. The van der Waals surface area contributed by atoms with Crippen LogP contribution in [-0.4, -0.2) is 30.3 Å². The van der Waals surface area contributed by atoms with Crippen LogP contribution < -0.4 is 5.32 Å². The fourth-order valence-corrected chi connectivity index (χ4v) is 2.70. The Hall–Kier alpha value is -2.38. The molecule has 0 saturated carbocycles. The van der Waals surface area contributed by atoms with Gasteiger partial charge in [-0.15, -0.1) is 0 Å². The van der Waals surface area contributed by atoms with Gasteiger partial charge in [0.1, 0.15) is 0 Å². The van der Waals surface area contributed by atoms with Gasteiger partial charge in [-0.1, -0.05) is 42.5 Å². The number of halogens is 3. The Morgan fingerprint density at radius 2 is 1.74 bits per heavy atom. The maximum atomic E-state index is 13.2. The molecule has 0 aromatic heterocycles. The number of carbonyl (C=O) groups is 1. The van der Waals surface area contributed by atoms with Crippen molar-refractivity contribution < 1.29 is 27.8 Å². The molecule has 0 fully saturated rings. The van der Waals surface area contributed by atoms with Gasteiger partial charge >= 0.3 is 12.1 Å². The molecule has 146 valence electrons. The number of alkyl halides is 3. The monoisotopic (exact) mass is 381 g/mol. The van der Waals surface area contributed by atoms with Crippen LogP contribution in [0.5, 0.6) is 0 Å². The SMILES string of the molecule is COC(=O)C(C)(O)CNC(C)c1ccc(-c2ccccc2C(F)(F)F)cc1. The van der Waals surface area contributed by atoms with Crippen molar-refractivity contribution >= 4 is 5.97 Å². The van der Waals surface area contributed by atoms with Crippen LogP contribution in [-0.2, 0) is 15.7 Å². The van der Waals surface area contributed by atoms with Gasteiger partial charge in [-0.05, 0) is 36.6 Å². The first-order chi connectivity index (χ1) is 12.6. The molecule has 2 unspecified atom stereocenters. The molecule has 0 aliphatic carbocycles. The van der Waals surface area contributed by atoms with Gasteiger partial charge in [0, 0.05) is 12.6 Å². The zero-order chi connectivity index (χ0) is 20.2. The van der Waals surface area contributed by atoms with Crippen molar-refractivity contribution in [3.8, 4) is 11.1 Å². The summed E-state index contributed by atoms with van der Waals surface area (Å²) in [6.45, 7) is 3.14. The standard InChI is InChI=1S/C20H22F3NO3/c1-13(24-12-19(2,26)18(25)27-3)14-8-10-15(11-9-14)16-6-4-5-7-17(16)20(21,22)23/h4-11,13,24,26H,12H2,1-3H3. The molecular formula is C20H22F3NO3. The summed E-state index contributed by atoms with van der Waals surface area (Å²) in [4.78, 5) is 11.5. The van der Waals surface area contributed by atoms with E-state index in [0.29, 0.717) is 5.56 Å². The van der Waals surface area contributed by atoms with Gasteiger partial charge in [-0.3, -0.25) is 0 Å². The summed E-state index contributed by atoms with van der Waals surface area (Å²) in [5, 5.41) is 13.1. The van der Waals surface area contributed by atoms with Crippen molar-refractivity contribution in [2.75, 3.05) is 13.7 Å². The van der Waals surface area contributed by atoms with Crippen molar-refractivity contribution in [1.29, 1.82) is 0 Å². The fourth-order valence-electron chi connectivity index (χ4n) is 2.70. The van der Waals surface area contributed by atoms with Crippen molar-refractivity contribution in [2.45, 2.75) is 31.7 Å². The predicted molar refractivity (Wildman–Crippen MR) is 95.9 cm³/mol. The second-order valence-electron chi connectivity index (χ2n) is 6.53. The van der Waals surface area contributed by atoms with Crippen molar-refractivity contribution in [3.63, 3.8) is 0 Å². The number of aliphatic hydroxyl groups is 1. The smallest absolute Gasteiger partial charge is 0.417 e. The number of hydrogen-bond acceptors (Lipinski definition) is 4. The maximum absolute atomic E-state index is 13.2. The highest BCUT2D eigenvalue weighted by atomic mass is 19.4. The molecule has 0 radical (unpaired) electrons. The predicted octanol–water partition coefficient (Wildman–Crippen LogP) is 3.95. The van der Waals surface area contributed by atoms with Crippen LogP contribution in [0, 0.1) is 0 Å². The van der Waals surface area contributed by atoms with Gasteiger partial charge in [0.25, 0.3) is 0 Å². The van der Waals surface area contributed by atoms with E-state index in [9.17, 15) is 23.1 Å². The lowest BCUT2D eigenvalue weighted by Gasteiger charge is -2.23. The van der Waals surface area contributed by atoms with Crippen molar-refractivity contribution in [2.24, 2.45) is 0 Å². The van der Waals surface area contributed by atoms with Gasteiger partial charge < -0.3 is 15.2 Å². The van der Waals surface area contributed by atoms with E-state index in [0.717, 1.165) is 11.6 Å². The van der Waals surface area contributed by atoms with E-state index in [4.69, 9.17) is 0 Å². The Kier molecular flexibility index (Phi) is 6.28.